The normalized spacial score (nSPS) is 17.2. The first kappa shape index (κ1) is 15.0. The van der Waals surface area contributed by atoms with Crippen LogP contribution in [0.5, 0.6) is 0 Å². The van der Waals surface area contributed by atoms with Crippen molar-refractivity contribution in [2.24, 2.45) is 0 Å². The largest absolute Gasteiger partial charge is 0.339 e. The zero-order valence-corrected chi connectivity index (χ0v) is 11.7. The number of hydrogen-bond donors (Lipinski definition) is 1. The topological polar surface area (TPSA) is 63.2 Å². The first-order valence-electron chi connectivity index (χ1n) is 5.54. The Morgan fingerprint density at radius 1 is 1.22 bits per heavy atom. The van der Waals surface area contributed by atoms with Gasteiger partial charge < -0.3 is 5.32 Å². The predicted molar refractivity (Wildman–Crippen MR) is 71.4 cm³/mol. The molecule has 1 amide bonds. The predicted octanol–water partition coefficient (Wildman–Crippen LogP) is 1.82. The Morgan fingerprint density at radius 3 is 2.17 bits per heavy atom. The molecule has 4 nitrogen and oxygen atoms in total. The lowest BCUT2D eigenvalue weighted by atomic mass is 9.92. The van der Waals surface area contributed by atoms with Gasteiger partial charge in [0.1, 0.15) is 4.87 Å². The first-order valence-corrected chi connectivity index (χ1v) is 7.03. The number of aryl methyl sites for hydroxylation is 1. The van der Waals surface area contributed by atoms with E-state index in [0.717, 1.165) is 12.0 Å². The highest BCUT2D eigenvalue weighted by molar-refractivity contribution is 7.92. The SMILES string of the molecule is Cc1ccc(S(=O)(=O)C2(NC=O)CCC2)cc1.Cl. The second-order valence-electron chi connectivity index (χ2n) is 4.43. The second-order valence-corrected chi connectivity index (χ2v) is 6.69. The molecule has 0 aromatic heterocycles. The van der Waals surface area contributed by atoms with Gasteiger partial charge in [0.15, 0.2) is 0 Å². The number of nitrogens with one attached hydrogen (secondary N) is 1. The Bertz CT molecular complexity index is 521. The van der Waals surface area contributed by atoms with E-state index < -0.39 is 14.7 Å². The van der Waals surface area contributed by atoms with Gasteiger partial charge in [-0.25, -0.2) is 8.42 Å². The summed E-state index contributed by atoms with van der Waals surface area (Å²) in [5, 5.41) is 2.48. The van der Waals surface area contributed by atoms with Crippen molar-refractivity contribution in [1.29, 1.82) is 0 Å². The van der Waals surface area contributed by atoms with E-state index in [2.05, 4.69) is 5.32 Å². The van der Waals surface area contributed by atoms with Gasteiger partial charge >= 0.3 is 0 Å². The molecular weight excluding hydrogens is 274 g/mol. The van der Waals surface area contributed by atoms with Crippen LogP contribution in [0.2, 0.25) is 0 Å². The molecule has 1 aliphatic rings. The highest BCUT2D eigenvalue weighted by Gasteiger charge is 2.49. The number of halogens is 1. The molecule has 1 N–H and O–H groups in total. The second kappa shape index (κ2) is 5.28. The molecule has 1 aliphatic carbocycles. The van der Waals surface area contributed by atoms with Crippen LogP contribution in [-0.4, -0.2) is 19.7 Å². The Kier molecular flexibility index (Phi) is 4.40. The van der Waals surface area contributed by atoms with Crippen LogP contribution in [0.3, 0.4) is 0 Å². The maximum Gasteiger partial charge on any atom is 0.208 e. The number of benzene rings is 1. The fourth-order valence-corrected chi connectivity index (χ4v) is 4.01. The Hall–Kier alpha value is -1.07. The lowest BCUT2D eigenvalue weighted by Gasteiger charge is -2.40. The molecule has 0 saturated heterocycles. The minimum Gasteiger partial charge on any atom is -0.339 e. The Labute approximate surface area is 113 Å². The minimum absolute atomic E-state index is 0. The molecule has 6 heteroatoms. The summed E-state index contributed by atoms with van der Waals surface area (Å²) in [5.41, 5.74) is 1.01. The zero-order chi connectivity index (χ0) is 12.5. The molecule has 0 spiro atoms. The van der Waals surface area contributed by atoms with Crippen molar-refractivity contribution < 1.29 is 13.2 Å². The zero-order valence-electron chi connectivity index (χ0n) is 10.0. The standard InChI is InChI=1S/C12H15NO3S.ClH/c1-10-3-5-11(6-4-10)17(15,16)12(13-9-14)7-2-8-12;/h3-6,9H,2,7-8H2,1H3,(H,13,14);1H. The molecule has 0 atom stereocenters. The monoisotopic (exact) mass is 289 g/mol. The molecule has 100 valence electrons. The lowest BCUT2D eigenvalue weighted by Crippen LogP contribution is -2.56. The van der Waals surface area contributed by atoms with E-state index in [9.17, 15) is 13.2 Å². The van der Waals surface area contributed by atoms with Crippen LogP contribution in [0, 0.1) is 6.92 Å². The number of sulfone groups is 1. The lowest BCUT2D eigenvalue weighted by molar-refractivity contribution is -0.111. The molecule has 1 saturated carbocycles. The van der Waals surface area contributed by atoms with Crippen molar-refractivity contribution in [1.82, 2.24) is 5.32 Å². The van der Waals surface area contributed by atoms with E-state index in [1.165, 1.54) is 0 Å². The summed E-state index contributed by atoms with van der Waals surface area (Å²) in [4.78, 5) is 9.77. The molecule has 0 heterocycles. The molecule has 1 fully saturated rings. The Morgan fingerprint density at radius 2 is 1.78 bits per heavy atom. The van der Waals surface area contributed by atoms with Crippen molar-refractivity contribution in [3.63, 3.8) is 0 Å². The van der Waals surface area contributed by atoms with E-state index in [1.807, 2.05) is 6.92 Å². The summed E-state index contributed by atoms with van der Waals surface area (Å²) in [5.74, 6) is 0. The van der Waals surface area contributed by atoms with E-state index in [1.54, 1.807) is 24.3 Å². The number of carbonyl (C=O) groups excluding carboxylic acids is 1. The van der Waals surface area contributed by atoms with E-state index in [4.69, 9.17) is 0 Å². The molecule has 1 aromatic rings. The molecule has 0 bridgehead atoms. The van der Waals surface area contributed by atoms with Crippen LogP contribution in [0.1, 0.15) is 24.8 Å². The number of amides is 1. The fraction of sp³-hybridized carbons (Fsp3) is 0.417. The molecule has 2 rings (SSSR count). The average Bonchev–Trinajstić information content (AvgIpc) is 2.23. The van der Waals surface area contributed by atoms with Gasteiger partial charge in [0.05, 0.1) is 4.90 Å². The molecule has 0 aliphatic heterocycles. The van der Waals surface area contributed by atoms with Crippen molar-refractivity contribution in [2.45, 2.75) is 36.0 Å². The summed E-state index contributed by atoms with van der Waals surface area (Å²) in [7, 11) is -3.49. The average molecular weight is 290 g/mol. The van der Waals surface area contributed by atoms with Gasteiger partial charge in [0, 0.05) is 0 Å². The van der Waals surface area contributed by atoms with Crippen LogP contribution in [0.25, 0.3) is 0 Å². The van der Waals surface area contributed by atoms with Gasteiger partial charge in [-0.2, -0.15) is 0 Å². The van der Waals surface area contributed by atoms with E-state index >= 15 is 0 Å². The summed E-state index contributed by atoms with van der Waals surface area (Å²) >= 11 is 0. The molecular formula is C12H16ClNO3S. The first-order chi connectivity index (χ1) is 8.02. The molecule has 0 radical (unpaired) electrons. The molecule has 1 aromatic carbocycles. The summed E-state index contributed by atoms with van der Waals surface area (Å²) in [6, 6.07) is 6.72. The van der Waals surface area contributed by atoms with Crippen LogP contribution >= 0.6 is 12.4 Å². The van der Waals surface area contributed by atoms with Crippen molar-refractivity contribution in [2.75, 3.05) is 0 Å². The van der Waals surface area contributed by atoms with Crippen molar-refractivity contribution in [3.8, 4) is 0 Å². The third kappa shape index (κ3) is 2.24. The summed E-state index contributed by atoms with van der Waals surface area (Å²) < 4.78 is 24.8. The molecule has 18 heavy (non-hydrogen) atoms. The van der Waals surface area contributed by atoms with Crippen LogP contribution in [0.15, 0.2) is 29.2 Å². The van der Waals surface area contributed by atoms with Gasteiger partial charge in [0.25, 0.3) is 0 Å². The van der Waals surface area contributed by atoms with Gasteiger partial charge in [-0.05, 0) is 38.3 Å². The van der Waals surface area contributed by atoms with E-state index in [-0.39, 0.29) is 17.3 Å². The van der Waals surface area contributed by atoms with E-state index in [0.29, 0.717) is 19.3 Å². The number of carbonyl (C=O) groups is 1. The third-order valence-corrected chi connectivity index (χ3v) is 5.78. The summed E-state index contributed by atoms with van der Waals surface area (Å²) in [6.07, 6.45) is 2.28. The van der Waals surface area contributed by atoms with Gasteiger partial charge in [-0.1, -0.05) is 17.7 Å². The van der Waals surface area contributed by atoms with Crippen molar-refractivity contribution in [3.05, 3.63) is 29.8 Å². The highest BCUT2D eigenvalue weighted by Crippen LogP contribution is 2.40. The van der Waals surface area contributed by atoms with Crippen molar-refractivity contribution >= 4 is 28.7 Å². The van der Waals surface area contributed by atoms with Gasteiger partial charge in [-0.15, -0.1) is 12.4 Å². The van der Waals surface area contributed by atoms with Crippen LogP contribution < -0.4 is 5.32 Å². The number of rotatable bonds is 4. The highest BCUT2D eigenvalue weighted by atomic mass is 35.5. The Balaban J connectivity index is 0.00000162. The maximum absolute atomic E-state index is 12.4. The minimum atomic E-state index is -3.49. The fourth-order valence-electron chi connectivity index (χ4n) is 2.04. The quantitative estimate of drug-likeness (QED) is 0.860. The van der Waals surface area contributed by atoms with Crippen LogP contribution in [0.4, 0.5) is 0 Å². The van der Waals surface area contributed by atoms with Gasteiger partial charge in [0.2, 0.25) is 16.2 Å². The van der Waals surface area contributed by atoms with Gasteiger partial charge in [-0.3, -0.25) is 4.79 Å². The summed E-state index contributed by atoms with van der Waals surface area (Å²) in [6.45, 7) is 1.90. The maximum atomic E-state index is 12.4. The number of hydrogen-bond acceptors (Lipinski definition) is 3. The molecule has 0 unspecified atom stereocenters. The third-order valence-electron chi connectivity index (χ3n) is 3.33. The smallest absolute Gasteiger partial charge is 0.208 e. The van der Waals surface area contributed by atoms with Crippen LogP contribution in [-0.2, 0) is 14.6 Å².